The monoisotopic (exact) mass is 244 g/mol. The molecule has 0 aromatic rings. The highest BCUT2D eigenvalue weighted by atomic mass is 16.5. The third kappa shape index (κ3) is 4.26. The number of carbonyl (C=O) groups is 1. The molecular weight excluding hydrogens is 220 g/mol. The SMILES string of the molecule is CCNC1CCN(CC(C)(O)CCOC)C1=O. The fourth-order valence-electron chi connectivity index (χ4n) is 2.14. The maximum Gasteiger partial charge on any atom is 0.239 e. The molecule has 1 aliphatic heterocycles. The number of nitrogens with one attached hydrogen (secondary N) is 1. The molecule has 0 spiro atoms. The van der Waals surface area contributed by atoms with Crippen molar-refractivity contribution in [2.24, 2.45) is 0 Å². The molecule has 0 saturated carbocycles. The van der Waals surface area contributed by atoms with Gasteiger partial charge < -0.3 is 20.1 Å². The van der Waals surface area contributed by atoms with Crippen LogP contribution < -0.4 is 5.32 Å². The van der Waals surface area contributed by atoms with E-state index < -0.39 is 5.60 Å². The van der Waals surface area contributed by atoms with Gasteiger partial charge in [0.25, 0.3) is 0 Å². The van der Waals surface area contributed by atoms with Gasteiger partial charge in [-0.1, -0.05) is 6.92 Å². The van der Waals surface area contributed by atoms with Gasteiger partial charge in [-0.05, 0) is 19.9 Å². The van der Waals surface area contributed by atoms with E-state index in [2.05, 4.69) is 5.32 Å². The van der Waals surface area contributed by atoms with Crippen molar-refractivity contribution in [2.45, 2.75) is 38.3 Å². The van der Waals surface area contributed by atoms with Gasteiger partial charge in [0.2, 0.25) is 5.91 Å². The molecule has 0 aromatic carbocycles. The number of likely N-dealkylation sites (tertiary alicyclic amines) is 1. The Morgan fingerprint density at radius 3 is 2.94 bits per heavy atom. The highest BCUT2D eigenvalue weighted by molar-refractivity contribution is 5.84. The number of carbonyl (C=O) groups excluding carboxylic acids is 1. The second-order valence-electron chi connectivity index (χ2n) is 4.90. The molecule has 1 fully saturated rings. The fourth-order valence-corrected chi connectivity index (χ4v) is 2.14. The van der Waals surface area contributed by atoms with Crippen molar-refractivity contribution in [1.29, 1.82) is 0 Å². The molecule has 17 heavy (non-hydrogen) atoms. The van der Waals surface area contributed by atoms with Crippen LogP contribution in [0.2, 0.25) is 0 Å². The summed E-state index contributed by atoms with van der Waals surface area (Å²) in [6.45, 7) is 6.15. The predicted octanol–water partition coefficient (Wildman–Crippen LogP) is -0.0157. The first kappa shape index (κ1) is 14.4. The lowest BCUT2D eigenvalue weighted by molar-refractivity contribution is -0.132. The molecule has 1 rings (SSSR count). The number of hydrogen-bond acceptors (Lipinski definition) is 4. The lowest BCUT2D eigenvalue weighted by Gasteiger charge is -2.29. The van der Waals surface area contributed by atoms with E-state index in [0.717, 1.165) is 19.5 Å². The lowest BCUT2D eigenvalue weighted by Crippen LogP contribution is -2.45. The third-order valence-electron chi connectivity index (χ3n) is 3.12. The standard InChI is InChI=1S/C12H24N2O3/c1-4-13-10-5-7-14(11(10)15)9-12(2,16)6-8-17-3/h10,13,16H,4-9H2,1-3H3. The van der Waals surface area contributed by atoms with Crippen LogP contribution in [0.1, 0.15) is 26.7 Å². The lowest BCUT2D eigenvalue weighted by atomic mass is 10.0. The Morgan fingerprint density at radius 1 is 1.65 bits per heavy atom. The van der Waals surface area contributed by atoms with Crippen molar-refractivity contribution in [2.75, 3.05) is 33.4 Å². The first-order chi connectivity index (χ1) is 8.00. The zero-order valence-corrected chi connectivity index (χ0v) is 11.0. The summed E-state index contributed by atoms with van der Waals surface area (Å²) in [5, 5.41) is 13.3. The number of β-amino-alcohol motifs (C(OH)–C–C–N with tert-alkyl or cyclic N) is 1. The van der Waals surface area contributed by atoms with Crippen LogP contribution in [0.4, 0.5) is 0 Å². The number of nitrogens with zero attached hydrogens (tertiary/aromatic N) is 1. The molecule has 2 N–H and O–H groups in total. The maximum absolute atomic E-state index is 12.0. The molecule has 0 aliphatic carbocycles. The van der Waals surface area contributed by atoms with E-state index in [-0.39, 0.29) is 11.9 Å². The van der Waals surface area contributed by atoms with Crippen molar-refractivity contribution in [3.8, 4) is 0 Å². The van der Waals surface area contributed by atoms with E-state index in [0.29, 0.717) is 19.6 Å². The minimum Gasteiger partial charge on any atom is -0.388 e. The zero-order chi connectivity index (χ0) is 12.9. The minimum absolute atomic E-state index is 0.0711. The number of hydrogen-bond donors (Lipinski definition) is 2. The molecule has 1 aliphatic rings. The molecular formula is C12H24N2O3. The summed E-state index contributed by atoms with van der Waals surface area (Å²) >= 11 is 0. The van der Waals surface area contributed by atoms with Crippen molar-refractivity contribution in [3.63, 3.8) is 0 Å². The van der Waals surface area contributed by atoms with E-state index in [1.165, 1.54) is 0 Å². The quantitative estimate of drug-likeness (QED) is 0.661. The molecule has 1 saturated heterocycles. The molecule has 2 unspecified atom stereocenters. The molecule has 1 heterocycles. The third-order valence-corrected chi connectivity index (χ3v) is 3.12. The fraction of sp³-hybridized carbons (Fsp3) is 0.917. The van der Waals surface area contributed by atoms with Gasteiger partial charge in [0.1, 0.15) is 0 Å². The van der Waals surface area contributed by atoms with E-state index in [9.17, 15) is 9.90 Å². The van der Waals surface area contributed by atoms with Gasteiger partial charge >= 0.3 is 0 Å². The number of rotatable bonds is 7. The summed E-state index contributed by atoms with van der Waals surface area (Å²) in [6.07, 6.45) is 1.37. The minimum atomic E-state index is -0.868. The highest BCUT2D eigenvalue weighted by Gasteiger charge is 2.34. The number of amides is 1. The second kappa shape index (κ2) is 6.33. The van der Waals surface area contributed by atoms with Crippen LogP contribution in [-0.4, -0.2) is 60.9 Å². The summed E-state index contributed by atoms with van der Waals surface area (Å²) in [6, 6.07) is -0.0711. The summed E-state index contributed by atoms with van der Waals surface area (Å²) in [5.41, 5.74) is -0.868. The van der Waals surface area contributed by atoms with Gasteiger partial charge in [-0.25, -0.2) is 0 Å². The van der Waals surface area contributed by atoms with E-state index >= 15 is 0 Å². The van der Waals surface area contributed by atoms with Crippen LogP contribution in [0.5, 0.6) is 0 Å². The Balaban J connectivity index is 2.44. The zero-order valence-electron chi connectivity index (χ0n) is 11.0. The molecule has 0 radical (unpaired) electrons. The summed E-state index contributed by atoms with van der Waals surface area (Å²) in [7, 11) is 1.61. The smallest absolute Gasteiger partial charge is 0.239 e. The highest BCUT2D eigenvalue weighted by Crippen LogP contribution is 2.17. The Labute approximate surface area is 103 Å². The molecule has 0 bridgehead atoms. The maximum atomic E-state index is 12.0. The number of ether oxygens (including phenoxy) is 1. The largest absolute Gasteiger partial charge is 0.388 e. The Kier molecular flexibility index (Phi) is 5.36. The van der Waals surface area contributed by atoms with Gasteiger partial charge in [0.05, 0.1) is 11.6 Å². The topological polar surface area (TPSA) is 61.8 Å². The van der Waals surface area contributed by atoms with E-state index in [4.69, 9.17) is 4.74 Å². The molecule has 100 valence electrons. The van der Waals surface area contributed by atoms with Crippen LogP contribution >= 0.6 is 0 Å². The van der Waals surface area contributed by atoms with Gasteiger partial charge in [-0.3, -0.25) is 4.79 Å². The van der Waals surface area contributed by atoms with Gasteiger partial charge in [0.15, 0.2) is 0 Å². The van der Waals surface area contributed by atoms with Crippen LogP contribution in [0, 0.1) is 0 Å². The van der Waals surface area contributed by atoms with Crippen LogP contribution in [-0.2, 0) is 9.53 Å². The first-order valence-corrected chi connectivity index (χ1v) is 6.23. The summed E-state index contributed by atoms with van der Waals surface area (Å²) in [4.78, 5) is 13.7. The average molecular weight is 244 g/mol. The Bertz CT molecular complexity index is 256. The van der Waals surface area contributed by atoms with Crippen molar-refractivity contribution < 1.29 is 14.6 Å². The molecule has 0 aromatic heterocycles. The molecule has 5 nitrogen and oxygen atoms in total. The second-order valence-corrected chi connectivity index (χ2v) is 4.90. The Hall–Kier alpha value is -0.650. The number of aliphatic hydroxyl groups is 1. The van der Waals surface area contributed by atoms with Crippen molar-refractivity contribution in [1.82, 2.24) is 10.2 Å². The normalized spacial score (nSPS) is 24.1. The average Bonchev–Trinajstić information content (AvgIpc) is 2.59. The van der Waals surface area contributed by atoms with Crippen molar-refractivity contribution in [3.05, 3.63) is 0 Å². The first-order valence-electron chi connectivity index (χ1n) is 6.23. The molecule has 5 heteroatoms. The summed E-state index contributed by atoms with van der Waals surface area (Å²) < 4.78 is 4.95. The van der Waals surface area contributed by atoms with Crippen LogP contribution in [0.3, 0.4) is 0 Å². The van der Waals surface area contributed by atoms with E-state index in [1.54, 1.807) is 18.9 Å². The number of methoxy groups -OCH3 is 1. The van der Waals surface area contributed by atoms with Crippen molar-refractivity contribution >= 4 is 5.91 Å². The van der Waals surface area contributed by atoms with Crippen LogP contribution in [0.15, 0.2) is 0 Å². The van der Waals surface area contributed by atoms with Gasteiger partial charge in [-0.2, -0.15) is 0 Å². The molecule has 2 atom stereocenters. The van der Waals surface area contributed by atoms with Gasteiger partial charge in [0, 0.05) is 33.2 Å². The molecule has 1 amide bonds. The summed E-state index contributed by atoms with van der Waals surface area (Å²) in [5.74, 6) is 0.101. The Morgan fingerprint density at radius 2 is 2.35 bits per heavy atom. The predicted molar refractivity (Wildman–Crippen MR) is 65.8 cm³/mol. The van der Waals surface area contributed by atoms with Crippen LogP contribution in [0.25, 0.3) is 0 Å². The number of likely N-dealkylation sites (N-methyl/N-ethyl adjacent to an activating group) is 1. The van der Waals surface area contributed by atoms with E-state index in [1.807, 2.05) is 6.92 Å². The van der Waals surface area contributed by atoms with Gasteiger partial charge in [-0.15, -0.1) is 0 Å².